The summed E-state index contributed by atoms with van der Waals surface area (Å²) < 4.78 is 0. The molecule has 0 spiro atoms. The third kappa shape index (κ3) is 3.87. The molecule has 2 aromatic carbocycles. The Bertz CT molecular complexity index is 1180. The number of rotatable bonds is 5. The van der Waals surface area contributed by atoms with Gasteiger partial charge in [-0.05, 0) is 25.6 Å². The van der Waals surface area contributed by atoms with Crippen LogP contribution in [0.3, 0.4) is 0 Å². The third-order valence-electron chi connectivity index (χ3n) is 4.65. The number of halogens is 1. The van der Waals surface area contributed by atoms with Crippen molar-refractivity contribution < 1.29 is 0 Å². The maximum atomic E-state index is 12.8. The van der Waals surface area contributed by atoms with Crippen LogP contribution in [-0.4, -0.2) is 21.9 Å². The average Bonchev–Trinajstić information content (AvgIpc) is 3.08. The van der Waals surface area contributed by atoms with Gasteiger partial charge in [0.25, 0.3) is 5.56 Å². The first kappa shape index (κ1) is 18.9. The number of H-pyrrole nitrogens is 1. The molecule has 0 saturated carbocycles. The molecule has 4 aromatic rings. The Morgan fingerprint density at radius 3 is 2.57 bits per heavy atom. The summed E-state index contributed by atoms with van der Waals surface area (Å²) in [6.45, 7) is 3.44. The molecule has 0 aliphatic rings. The van der Waals surface area contributed by atoms with E-state index in [0.29, 0.717) is 22.8 Å². The van der Waals surface area contributed by atoms with Crippen LogP contribution in [0.1, 0.15) is 17.0 Å². The van der Waals surface area contributed by atoms with Gasteiger partial charge >= 0.3 is 0 Å². The summed E-state index contributed by atoms with van der Waals surface area (Å²) in [4.78, 5) is 23.3. The monoisotopic (exact) mass is 409 g/mol. The molecule has 0 aliphatic carbocycles. The highest BCUT2D eigenvalue weighted by molar-refractivity contribution is 7.17. The van der Waals surface area contributed by atoms with Gasteiger partial charge < -0.3 is 4.98 Å². The maximum absolute atomic E-state index is 12.8. The maximum Gasteiger partial charge on any atom is 0.260 e. The molecular formula is C22H20ClN3OS. The van der Waals surface area contributed by atoms with E-state index in [0.717, 1.165) is 22.5 Å². The smallest absolute Gasteiger partial charge is 0.260 e. The SMILES string of the molecule is Cc1ccc(CN(C)Cc2nc3scc(-c4ccccc4Cl)c3c(=O)[nH]2)cc1. The predicted octanol–water partition coefficient (Wildman–Crippen LogP) is 5.25. The molecule has 2 heterocycles. The molecule has 0 radical (unpaired) electrons. The lowest BCUT2D eigenvalue weighted by Crippen LogP contribution is -2.21. The van der Waals surface area contributed by atoms with E-state index in [9.17, 15) is 4.79 Å². The number of aromatic amines is 1. The van der Waals surface area contributed by atoms with E-state index < -0.39 is 0 Å². The summed E-state index contributed by atoms with van der Waals surface area (Å²) in [5.41, 5.74) is 4.04. The second-order valence-electron chi connectivity index (χ2n) is 6.98. The molecule has 0 bridgehead atoms. The second-order valence-corrected chi connectivity index (χ2v) is 8.25. The van der Waals surface area contributed by atoms with Crippen molar-refractivity contribution in [3.63, 3.8) is 0 Å². The average molecular weight is 410 g/mol. The van der Waals surface area contributed by atoms with Gasteiger partial charge in [-0.25, -0.2) is 4.98 Å². The number of aryl methyl sites for hydroxylation is 1. The molecule has 0 saturated heterocycles. The molecule has 1 N–H and O–H groups in total. The number of benzene rings is 2. The highest BCUT2D eigenvalue weighted by Gasteiger charge is 2.15. The Hall–Kier alpha value is -2.47. The van der Waals surface area contributed by atoms with E-state index >= 15 is 0 Å². The summed E-state index contributed by atoms with van der Waals surface area (Å²) in [6.07, 6.45) is 0. The van der Waals surface area contributed by atoms with Crippen LogP contribution in [-0.2, 0) is 13.1 Å². The van der Waals surface area contributed by atoms with Crippen LogP contribution in [0.5, 0.6) is 0 Å². The number of hydrogen-bond acceptors (Lipinski definition) is 4. The number of nitrogens with one attached hydrogen (secondary N) is 1. The van der Waals surface area contributed by atoms with Gasteiger partial charge in [0, 0.05) is 28.1 Å². The Morgan fingerprint density at radius 2 is 1.82 bits per heavy atom. The van der Waals surface area contributed by atoms with Crippen molar-refractivity contribution in [2.24, 2.45) is 0 Å². The Balaban J connectivity index is 1.61. The third-order valence-corrected chi connectivity index (χ3v) is 5.85. The largest absolute Gasteiger partial charge is 0.309 e. The zero-order chi connectivity index (χ0) is 19.7. The van der Waals surface area contributed by atoms with E-state index in [4.69, 9.17) is 11.6 Å². The molecule has 4 nitrogen and oxygen atoms in total. The number of hydrogen-bond donors (Lipinski definition) is 1. The molecule has 6 heteroatoms. The minimum absolute atomic E-state index is 0.125. The minimum Gasteiger partial charge on any atom is -0.309 e. The van der Waals surface area contributed by atoms with Crippen molar-refractivity contribution in [2.45, 2.75) is 20.0 Å². The molecule has 28 heavy (non-hydrogen) atoms. The predicted molar refractivity (Wildman–Crippen MR) is 117 cm³/mol. The lowest BCUT2D eigenvalue weighted by molar-refractivity contribution is 0.311. The van der Waals surface area contributed by atoms with Crippen LogP contribution in [0.4, 0.5) is 0 Å². The molecule has 0 fully saturated rings. The molecule has 0 amide bonds. The van der Waals surface area contributed by atoms with Gasteiger partial charge in [-0.2, -0.15) is 0 Å². The van der Waals surface area contributed by atoms with Crippen molar-refractivity contribution >= 4 is 33.2 Å². The van der Waals surface area contributed by atoms with Gasteiger partial charge in [-0.3, -0.25) is 9.69 Å². The van der Waals surface area contributed by atoms with Crippen LogP contribution in [0.25, 0.3) is 21.3 Å². The van der Waals surface area contributed by atoms with Crippen molar-refractivity contribution in [1.82, 2.24) is 14.9 Å². The van der Waals surface area contributed by atoms with Crippen molar-refractivity contribution in [1.29, 1.82) is 0 Å². The van der Waals surface area contributed by atoms with Crippen LogP contribution in [0.15, 0.2) is 58.7 Å². The molecule has 2 aromatic heterocycles. The fourth-order valence-corrected chi connectivity index (χ4v) is 4.46. The van der Waals surface area contributed by atoms with Gasteiger partial charge in [0.2, 0.25) is 0 Å². The summed E-state index contributed by atoms with van der Waals surface area (Å²) in [5.74, 6) is 0.666. The normalized spacial score (nSPS) is 11.4. The minimum atomic E-state index is -0.125. The van der Waals surface area contributed by atoms with Crippen LogP contribution in [0.2, 0.25) is 5.02 Å². The van der Waals surface area contributed by atoms with Gasteiger partial charge in [0.1, 0.15) is 10.7 Å². The van der Waals surface area contributed by atoms with Crippen molar-refractivity contribution in [3.8, 4) is 11.1 Å². The Labute approximate surface area is 172 Å². The molecular weight excluding hydrogens is 390 g/mol. The zero-order valence-corrected chi connectivity index (χ0v) is 17.3. The van der Waals surface area contributed by atoms with Gasteiger partial charge in [-0.15, -0.1) is 11.3 Å². The topological polar surface area (TPSA) is 49.0 Å². The van der Waals surface area contributed by atoms with Gasteiger partial charge in [0.05, 0.1) is 11.9 Å². The van der Waals surface area contributed by atoms with Gasteiger partial charge in [-0.1, -0.05) is 59.6 Å². The standard InChI is InChI=1S/C22H20ClN3OS/c1-14-7-9-15(10-8-14)11-26(2)12-19-24-21(27)20-17(13-28-22(20)25-19)16-5-3-4-6-18(16)23/h3-10,13H,11-12H2,1-2H3,(H,24,25,27). The number of nitrogens with zero attached hydrogens (tertiary/aromatic N) is 2. The first-order valence-corrected chi connectivity index (χ1v) is 10.3. The zero-order valence-electron chi connectivity index (χ0n) is 15.7. The summed E-state index contributed by atoms with van der Waals surface area (Å²) in [6, 6.07) is 16.0. The lowest BCUT2D eigenvalue weighted by atomic mass is 10.1. The molecule has 0 atom stereocenters. The van der Waals surface area contributed by atoms with Crippen molar-refractivity contribution in [2.75, 3.05) is 7.05 Å². The van der Waals surface area contributed by atoms with E-state index in [1.54, 1.807) is 0 Å². The number of thiophene rings is 1. The quantitative estimate of drug-likeness (QED) is 0.490. The van der Waals surface area contributed by atoms with Gasteiger partial charge in [0.15, 0.2) is 0 Å². The highest BCUT2D eigenvalue weighted by Crippen LogP contribution is 2.34. The van der Waals surface area contributed by atoms with E-state index in [1.165, 1.54) is 22.5 Å². The fraction of sp³-hybridized carbons (Fsp3) is 0.182. The van der Waals surface area contributed by atoms with Crippen molar-refractivity contribution in [3.05, 3.63) is 86.2 Å². The van der Waals surface area contributed by atoms with Crippen LogP contribution >= 0.6 is 22.9 Å². The molecule has 0 aliphatic heterocycles. The molecule has 4 rings (SSSR count). The Kier molecular flexibility index (Phi) is 5.31. The van der Waals surface area contributed by atoms with E-state index in [2.05, 4.69) is 46.1 Å². The first-order chi connectivity index (χ1) is 13.5. The summed E-state index contributed by atoms with van der Waals surface area (Å²) in [7, 11) is 2.02. The number of fused-ring (bicyclic) bond motifs is 1. The summed E-state index contributed by atoms with van der Waals surface area (Å²) >= 11 is 7.79. The van der Waals surface area contributed by atoms with E-state index in [-0.39, 0.29) is 5.56 Å². The van der Waals surface area contributed by atoms with Crippen LogP contribution < -0.4 is 5.56 Å². The van der Waals surface area contributed by atoms with E-state index in [1.807, 2.05) is 36.7 Å². The highest BCUT2D eigenvalue weighted by atomic mass is 35.5. The second kappa shape index (κ2) is 7.87. The fourth-order valence-electron chi connectivity index (χ4n) is 3.26. The number of aromatic nitrogens is 2. The lowest BCUT2D eigenvalue weighted by Gasteiger charge is -2.16. The summed E-state index contributed by atoms with van der Waals surface area (Å²) in [5, 5.41) is 3.18. The van der Waals surface area contributed by atoms with Crippen LogP contribution in [0, 0.1) is 6.92 Å². The Morgan fingerprint density at radius 1 is 1.07 bits per heavy atom. The molecule has 0 unspecified atom stereocenters. The molecule has 142 valence electrons. The first-order valence-electron chi connectivity index (χ1n) is 9.00.